The topological polar surface area (TPSA) is 23.5 Å². The molecule has 0 aliphatic carbocycles. The first kappa shape index (κ1) is 21.3. The fourth-order valence-corrected chi connectivity index (χ4v) is 3.47. The van der Waals surface area contributed by atoms with Crippen molar-refractivity contribution in [1.82, 2.24) is 4.98 Å². The van der Waals surface area contributed by atoms with Crippen LogP contribution in [0.5, 0.6) is 0 Å². The normalized spacial score (nSPS) is 11.5. The van der Waals surface area contributed by atoms with Crippen molar-refractivity contribution in [3.05, 3.63) is 102 Å². The van der Waals surface area contributed by atoms with E-state index in [0.29, 0.717) is 0 Å². The zero-order valence-electron chi connectivity index (χ0n) is 19.1. The number of nitrogens with zero attached hydrogens (tertiary/aromatic N) is 4. The average Bonchev–Trinajstić information content (AvgIpc) is 2.81. The van der Waals surface area contributed by atoms with Crippen molar-refractivity contribution in [3.8, 4) is 0 Å². The SMILES string of the molecule is CN(C)c1ccc(/C=C\c2cc(/C=C/c3ccc(N(C)C)cc3)nc3cccc[n+]23)cc1. The Hall–Kier alpha value is -3.92. The third-order valence-electron chi connectivity index (χ3n) is 5.37. The largest absolute Gasteiger partial charge is 0.378 e. The molecule has 0 radical (unpaired) electrons. The molecule has 0 unspecified atom stereocenters. The first-order valence-corrected chi connectivity index (χ1v) is 10.7. The third-order valence-corrected chi connectivity index (χ3v) is 5.37. The molecule has 0 atom stereocenters. The van der Waals surface area contributed by atoms with Crippen LogP contribution in [0.4, 0.5) is 11.4 Å². The van der Waals surface area contributed by atoms with Crippen molar-refractivity contribution in [1.29, 1.82) is 0 Å². The van der Waals surface area contributed by atoms with Gasteiger partial charge in [0.05, 0.1) is 6.20 Å². The zero-order chi connectivity index (χ0) is 22.5. The van der Waals surface area contributed by atoms with Gasteiger partial charge in [0.15, 0.2) is 5.69 Å². The Morgan fingerprint density at radius 2 is 1.22 bits per heavy atom. The molecule has 0 spiro atoms. The van der Waals surface area contributed by atoms with Crippen molar-refractivity contribution in [2.24, 2.45) is 0 Å². The standard InChI is InChI=1S/C28H29N4/c1-30(2)25-15-9-22(10-16-25)8-14-24-21-27(32-20-6-5-7-28(32)29-24)19-13-23-11-17-26(18-12-23)31(3)4/h5-21H,1-4H3/q+1. The summed E-state index contributed by atoms with van der Waals surface area (Å²) in [6.45, 7) is 0. The first-order valence-electron chi connectivity index (χ1n) is 10.7. The van der Waals surface area contributed by atoms with E-state index in [2.05, 4.69) is 107 Å². The van der Waals surface area contributed by atoms with Crippen LogP contribution in [-0.2, 0) is 0 Å². The summed E-state index contributed by atoms with van der Waals surface area (Å²) in [6.07, 6.45) is 10.5. The molecule has 4 nitrogen and oxygen atoms in total. The maximum Gasteiger partial charge on any atom is 0.328 e. The third kappa shape index (κ3) is 5.03. The van der Waals surface area contributed by atoms with Crippen LogP contribution in [0, 0.1) is 0 Å². The Morgan fingerprint density at radius 3 is 1.78 bits per heavy atom. The van der Waals surface area contributed by atoms with Gasteiger partial charge in [-0.05, 0) is 58.6 Å². The second-order valence-electron chi connectivity index (χ2n) is 8.17. The van der Waals surface area contributed by atoms with Gasteiger partial charge in [-0.3, -0.25) is 0 Å². The van der Waals surface area contributed by atoms with Crippen LogP contribution in [-0.4, -0.2) is 33.2 Å². The van der Waals surface area contributed by atoms with E-state index in [4.69, 9.17) is 4.98 Å². The predicted molar refractivity (Wildman–Crippen MR) is 137 cm³/mol. The van der Waals surface area contributed by atoms with Crippen molar-refractivity contribution < 1.29 is 4.40 Å². The molecule has 0 saturated carbocycles. The highest BCUT2D eigenvalue weighted by atomic mass is 15.1. The van der Waals surface area contributed by atoms with Crippen LogP contribution in [0.25, 0.3) is 30.0 Å². The van der Waals surface area contributed by atoms with Gasteiger partial charge in [0.1, 0.15) is 5.69 Å². The van der Waals surface area contributed by atoms with Gasteiger partial charge in [0.2, 0.25) is 0 Å². The molecule has 2 aromatic heterocycles. The smallest absolute Gasteiger partial charge is 0.328 e. The zero-order valence-corrected chi connectivity index (χ0v) is 19.1. The lowest BCUT2D eigenvalue weighted by Gasteiger charge is -2.11. The van der Waals surface area contributed by atoms with Gasteiger partial charge in [-0.2, -0.15) is 4.40 Å². The van der Waals surface area contributed by atoms with Crippen LogP contribution in [0.3, 0.4) is 0 Å². The second-order valence-corrected chi connectivity index (χ2v) is 8.17. The molecule has 0 aliphatic rings. The summed E-state index contributed by atoms with van der Waals surface area (Å²) in [4.78, 5) is 9.01. The minimum absolute atomic E-state index is 0.917. The quantitative estimate of drug-likeness (QED) is 0.395. The van der Waals surface area contributed by atoms with E-state index < -0.39 is 0 Å². The maximum absolute atomic E-state index is 4.81. The molecule has 0 saturated heterocycles. The number of hydrogen-bond donors (Lipinski definition) is 0. The lowest BCUT2D eigenvalue weighted by atomic mass is 10.1. The van der Waals surface area contributed by atoms with Gasteiger partial charge in [-0.15, -0.1) is 0 Å². The predicted octanol–water partition coefficient (Wildman–Crippen LogP) is 5.29. The van der Waals surface area contributed by atoms with E-state index in [1.807, 2.05) is 38.5 Å². The molecule has 0 fully saturated rings. The van der Waals surface area contributed by atoms with Gasteiger partial charge >= 0.3 is 5.65 Å². The Balaban J connectivity index is 1.63. The fourth-order valence-electron chi connectivity index (χ4n) is 3.47. The van der Waals surface area contributed by atoms with Crippen molar-refractivity contribution in [2.45, 2.75) is 0 Å². The van der Waals surface area contributed by atoms with Gasteiger partial charge < -0.3 is 9.80 Å². The molecule has 0 amide bonds. The summed E-state index contributed by atoms with van der Waals surface area (Å²) >= 11 is 0. The number of anilines is 2. The van der Waals surface area contributed by atoms with Gasteiger partial charge in [0, 0.05) is 51.7 Å². The van der Waals surface area contributed by atoms with Crippen molar-refractivity contribution in [3.63, 3.8) is 0 Å². The number of pyridine rings is 1. The molecule has 4 aromatic rings. The molecule has 0 bridgehead atoms. The molecule has 2 aromatic carbocycles. The summed E-state index contributed by atoms with van der Waals surface area (Å²) in [5.74, 6) is 0. The molecule has 0 N–H and O–H groups in total. The number of aromatic nitrogens is 2. The van der Waals surface area contributed by atoms with Gasteiger partial charge in [-0.1, -0.05) is 42.5 Å². The lowest BCUT2D eigenvalue weighted by molar-refractivity contribution is -0.516. The number of hydrogen-bond acceptors (Lipinski definition) is 3. The number of rotatable bonds is 6. The van der Waals surface area contributed by atoms with Crippen LogP contribution >= 0.6 is 0 Å². The van der Waals surface area contributed by atoms with E-state index in [1.54, 1.807) is 0 Å². The Morgan fingerprint density at radius 1 is 0.656 bits per heavy atom. The Labute approximate surface area is 190 Å². The van der Waals surface area contributed by atoms with Crippen LogP contribution in [0.1, 0.15) is 22.5 Å². The van der Waals surface area contributed by atoms with E-state index in [0.717, 1.165) is 28.2 Å². The van der Waals surface area contributed by atoms with Gasteiger partial charge in [-0.25, -0.2) is 0 Å². The summed E-state index contributed by atoms with van der Waals surface area (Å²) in [7, 11) is 8.20. The number of fused-ring (bicyclic) bond motifs is 1. The maximum atomic E-state index is 4.81. The van der Waals surface area contributed by atoms with Crippen molar-refractivity contribution >= 4 is 41.3 Å². The molecule has 4 rings (SSSR count). The highest BCUT2D eigenvalue weighted by molar-refractivity contribution is 5.72. The second kappa shape index (κ2) is 9.48. The van der Waals surface area contributed by atoms with Crippen LogP contribution in [0.15, 0.2) is 79.0 Å². The molecular weight excluding hydrogens is 392 g/mol. The fraction of sp³-hybridized carbons (Fsp3) is 0.143. The average molecular weight is 422 g/mol. The summed E-state index contributed by atoms with van der Waals surface area (Å²) < 4.78 is 2.11. The monoisotopic (exact) mass is 421 g/mol. The molecule has 4 heteroatoms. The van der Waals surface area contributed by atoms with E-state index in [9.17, 15) is 0 Å². The minimum atomic E-state index is 0.917. The summed E-state index contributed by atoms with van der Waals surface area (Å²) in [5, 5.41) is 0. The molecule has 160 valence electrons. The highest BCUT2D eigenvalue weighted by Gasteiger charge is 2.10. The van der Waals surface area contributed by atoms with E-state index in [-0.39, 0.29) is 0 Å². The van der Waals surface area contributed by atoms with Crippen molar-refractivity contribution in [2.75, 3.05) is 38.0 Å². The molecule has 32 heavy (non-hydrogen) atoms. The van der Waals surface area contributed by atoms with E-state index in [1.165, 1.54) is 11.4 Å². The van der Waals surface area contributed by atoms with Gasteiger partial charge in [0.25, 0.3) is 0 Å². The lowest BCUT2D eigenvalue weighted by Crippen LogP contribution is -2.26. The Kier molecular flexibility index (Phi) is 6.31. The minimum Gasteiger partial charge on any atom is -0.378 e. The number of benzene rings is 2. The molecule has 2 heterocycles. The summed E-state index contributed by atoms with van der Waals surface area (Å²) in [6, 6.07) is 25.2. The first-order chi connectivity index (χ1) is 15.5. The van der Waals surface area contributed by atoms with Crippen LogP contribution < -0.4 is 14.2 Å². The Bertz CT molecular complexity index is 1250. The molecular formula is C28H29N4+. The molecule has 0 aliphatic heterocycles. The van der Waals surface area contributed by atoms with E-state index >= 15 is 0 Å². The highest BCUT2D eigenvalue weighted by Crippen LogP contribution is 2.16. The van der Waals surface area contributed by atoms with Crippen LogP contribution in [0.2, 0.25) is 0 Å². The summed E-state index contributed by atoms with van der Waals surface area (Å²) in [5.41, 5.74) is 7.61.